The van der Waals surface area contributed by atoms with Gasteiger partial charge < -0.3 is 0 Å². The van der Waals surface area contributed by atoms with Crippen molar-refractivity contribution in [3.8, 4) is 0 Å². The highest BCUT2D eigenvalue weighted by Crippen LogP contribution is 2.41. The minimum absolute atomic E-state index is 0.171. The molecule has 88 valence electrons. The van der Waals surface area contributed by atoms with Gasteiger partial charge in [0.25, 0.3) is 0 Å². The number of nitrogens with zero attached hydrogens (tertiary/aromatic N) is 1. The van der Waals surface area contributed by atoms with E-state index >= 15 is 0 Å². The van der Waals surface area contributed by atoms with E-state index in [1.807, 2.05) is 0 Å². The quantitative estimate of drug-likeness (QED) is 0.396. The van der Waals surface area contributed by atoms with Crippen molar-refractivity contribution in [3.63, 3.8) is 0 Å². The van der Waals surface area contributed by atoms with Gasteiger partial charge in [-0.2, -0.15) is 0 Å². The summed E-state index contributed by atoms with van der Waals surface area (Å²) in [7, 11) is 0. The first-order valence-corrected chi connectivity index (χ1v) is 6.56. The Kier molecular flexibility index (Phi) is 3.95. The third-order valence-corrected chi connectivity index (χ3v) is 4.29. The Morgan fingerprint density at radius 3 is 2.50 bits per heavy atom. The topological polar surface area (TPSA) is 29.4 Å². The van der Waals surface area contributed by atoms with Crippen LogP contribution in [0.2, 0.25) is 0 Å². The highest BCUT2D eigenvalue weighted by molar-refractivity contribution is 5.34. The van der Waals surface area contributed by atoms with Crippen LogP contribution in [0, 0.1) is 11.8 Å². The van der Waals surface area contributed by atoms with E-state index < -0.39 is 0 Å². The Balaban J connectivity index is 1.92. The highest BCUT2D eigenvalue weighted by Gasteiger charge is 2.30. The summed E-state index contributed by atoms with van der Waals surface area (Å²) < 4.78 is 0. The van der Waals surface area contributed by atoms with Crippen LogP contribution in [-0.2, 0) is 4.79 Å². The van der Waals surface area contributed by atoms with Crippen LogP contribution in [0.5, 0.6) is 0 Å². The Morgan fingerprint density at radius 1 is 1.12 bits per heavy atom. The van der Waals surface area contributed by atoms with E-state index in [2.05, 4.69) is 11.6 Å². The van der Waals surface area contributed by atoms with Gasteiger partial charge in [-0.15, -0.1) is 0 Å². The molecule has 2 aliphatic rings. The highest BCUT2D eigenvalue weighted by atomic mass is 16.1. The van der Waals surface area contributed by atoms with E-state index in [9.17, 15) is 4.79 Å². The predicted octanol–water partition coefficient (Wildman–Crippen LogP) is 3.63. The lowest BCUT2D eigenvalue weighted by molar-refractivity contribution is 0.236. The van der Waals surface area contributed by atoms with Gasteiger partial charge in [-0.3, -0.25) is 0 Å². The van der Waals surface area contributed by atoms with Crippen LogP contribution in [0.3, 0.4) is 0 Å². The van der Waals surface area contributed by atoms with Crippen molar-refractivity contribution in [3.05, 3.63) is 12.2 Å². The zero-order valence-corrected chi connectivity index (χ0v) is 9.95. The maximum atomic E-state index is 10.2. The van der Waals surface area contributed by atoms with Crippen LogP contribution >= 0.6 is 0 Å². The van der Waals surface area contributed by atoms with Crippen molar-refractivity contribution in [2.45, 2.75) is 57.4 Å². The van der Waals surface area contributed by atoms with Crippen molar-refractivity contribution in [1.29, 1.82) is 0 Å². The molecule has 16 heavy (non-hydrogen) atoms. The van der Waals surface area contributed by atoms with E-state index in [0.717, 1.165) is 18.8 Å². The number of rotatable bonds is 2. The SMILES string of the molecule is C=C1CC(N=C=O)CCC1C1CCCCC1. The summed E-state index contributed by atoms with van der Waals surface area (Å²) in [4.78, 5) is 14.1. The molecule has 0 saturated heterocycles. The number of carbonyl (C=O) groups excluding carboxylic acids is 1. The van der Waals surface area contributed by atoms with Gasteiger partial charge in [-0.1, -0.05) is 31.4 Å². The molecule has 2 heteroatoms. The monoisotopic (exact) mass is 219 g/mol. The van der Waals surface area contributed by atoms with Crippen LogP contribution in [0.15, 0.2) is 17.1 Å². The van der Waals surface area contributed by atoms with Gasteiger partial charge in [0.05, 0.1) is 6.04 Å². The molecule has 0 bridgehead atoms. The molecule has 2 atom stereocenters. The van der Waals surface area contributed by atoms with E-state index in [4.69, 9.17) is 0 Å². The smallest absolute Gasteiger partial charge is 0.211 e. The standard InChI is InChI=1S/C14H21NO/c1-11-9-13(15-10-16)7-8-14(11)12-5-3-2-4-6-12/h12-14H,1-9H2. The summed E-state index contributed by atoms with van der Waals surface area (Å²) in [5, 5.41) is 0. The van der Waals surface area contributed by atoms with Gasteiger partial charge in [0.1, 0.15) is 0 Å². The summed E-state index contributed by atoms with van der Waals surface area (Å²) in [6, 6.07) is 0.171. The molecular weight excluding hydrogens is 198 g/mol. The third kappa shape index (κ3) is 2.62. The third-order valence-electron chi connectivity index (χ3n) is 4.29. The van der Waals surface area contributed by atoms with E-state index in [-0.39, 0.29) is 6.04 Å². The summed E-state index contributed by atoms with van der Waals surface area (Å²) in [5.74, 6) is 1.57. The van der Waals surface area contributed by atoms with Crippen LogP contribution in [0.25, 0.3) is 0 Å². The molecule has 0 aromatic heterocycles. The molecule has 2 unspecified atom stereocenters. The van der Waals surface area contributed by atoms with Gasteiger partial charge in [0, 0.05) is 0 Å². The van der Waals surface area contributed by atoms with Crippen molar-refractivity contribution < 1.29 is 4.79 Å². The van der Waals surface area contributed by atoms with Gasteiger partial charge in [0.2, 0.25) is 6.08 Å². The van der Waals surface area contributed by atoms with E-state index in [1.165, 1.54) is 44.1 Å². The fraction of sp³-hybridized carbons (Fsp3) is 0.786. The Labute approximate surface area is 97.8 Å². The number of isocyanates is 1. The molecular formula is C14H21NO. The van der Waals surface area contributed by atoms with Crippen LogP contribution < -0.4 is 0 Å². The van der Waals surface area contributed by atoms with Crippen molar-refractivity contribution >= 4 is 6.08 Å². The average molecular weight is 219 g/mol. The molecule has 0 aliphatic heterocycles. The Bertz CT molecular complexity index is 298. The Hall–Kier alpha value is -0.880. The lowest BCUT2D eigenvalue weighted by Gasteiger charge is -2.36. The molecule has 2 fully saturated rings. The molecule has 2 saturated carbocycles. The molecule has 0 spiro atoms. The fourth-order valence-electron chi connectivity index (χ4n) is 3.42. The van der Waals surface area contributed by atoms with Crippen LogP contribution in [-0.4, -0.2) is 12.1 Å². The first-order chi connectivity index (χ1) is 7.81. The molecule has 0 aromatic rings. The fourth-order valence-corrected chi connectivity index (χ4v) is 3.42. The van der Waals surface area contributed by atoms with Crippen LogP contribution in [0.1, 0.15) is 51.4 Å². The molecule has 2 rings (SSSR count). The molecule has 0 radical (unpaired) electrons. The summed E-state index contributed by atoms with van der Waals surface area (Å²) in [6.45, 7) is 4.21. The largest absolute Gasteiger partial charge is 0.235 e. The predicted molar refractivity (Wildman–Crippen MR) is 65.0 cm³/mol. The second-order valence-electron chi connectivity index (χ2n) is 5.32. The normalized spacial score (nSPS) is 32.1. The van der Waals surface area contributed by atoms with Gasteiger partial charge in [-0.25, -0.2) is 9.79 Å². The maximum absolute atomic E-state index is 10.2. The maximum Gasteiger partial charge on any atom is 0.235 e. The zero-order valence-electron chi connectivity index (χ0n) is 9.95. The molecule has 2 nitrogen and oxygen atoms in total. The number of aliphatic imine (C=N–C) groups is 1. The van der Waals surface area contributed by atoms with Gasteiger partial charge in [0.15, 0.2) is 0 Å². The van der Waals surface area contributed by atoms with Crippen molar-refractivity contribution in [2.75, 3.05) is 0 Å². The second-order valence-corrected chi connectivity index (χ2v) is 5.32. The van der Waals surface area contributed by atoms with Gasteiger partial charge in [-0.05, 0) is 43.9 Å². The zero-order chi connectivity index (χ0) is 11.4. The Morgan fingerprint density at radius 2 is 1.88 bits per heavy atom. The van der Waals surface area contributed by atoms with E-state index in [1.54, 1.807) is 6.08 Å². The average Bonchev–Trinajstić information content (AvgIpc) is 2.31. The molecule has 2 aliphatic carbocycles. The lowest BCUT2D eigenvalue weighted by atomic mass is 9.70. The lowest BCUT2D eigenvalue weighted by Crippen LogP contribution is -2.26. The summed E-state index contributed by atoms with van der Waals surface area (Å²) >= 11 is 0. The molecule has 0 N–H and O–H groups in total. The van der Waals surface area contributed by atoms with E-state index in [0.29, 0.717) is 5.92 Å². The van der Waals surface area contributed by atoms with Gasteiger partial charge >= 0.3 is 0 Å². The molecule has 0 aromatic carbocycles. The first-order valence-electron chi connectivity index (χ1n) is 6.56. The molecule has 0 heterocycles. The summed E-state index contributed by atoms with van der Waals surface area (Å²) in [5.41, 5.74) is 1.34. The number of hydrogen-bond donors (Lipinski definition) is 0. The minimum atomic E-state index is 0.171. The van der Waals surface area contributed by atoms with Crippen LogP contribution in [0.4, 0.5) is 0 Å². The number of hydrogen-bond acceptors (Lipinski definition) is 2. The molecule has 0 amide bonds. The minimum Gasteiger partial charge on any atom is -0.211 e. The van der Waals surface area contributed by atoms with Crippen molar-refractivity contribution in [2.24, 2.45) is 16.8 Å². The second kappa shape index (κ2) is 5.45. The van der Waals surface area contributed by atoms with Crippen molar-refractivity contribution in [1.82, 2.24) is 0 Å². The summed E-state index contributed by atoms with van der Waals surface area (Å²) in [6.07, 6.45) is 11.8. The first kappa shape index (κ1) is 11.6.